The second-order valence-corrected chi connectivity index (χ2v) is 6.39. The van der Waals surface area contributed by atoms with E-state index in [1.807, 2.05) is 0 Å². The number of rotatable bonds is 7. The number of thiazole rings is 1. The number of nitrogens with one attached hydrogen (secondary N) is 3. The lowest BCUT2D eigenvalue weighted by Crippen LogP contribution is -2.41. The van der Waals surface area contributed by atoms with Gasteiger partial charge in [-0.15, -0.1) is 24.5 Å². The number of halogens is 3. The van der Waals surface area contributed by atoms with Crippen LogP contribution in [0, 0.1) is 6.92 Å². The predicted octanol–water partition coefficient (Wildman–Crippen LogP) is 2.45. The molecule has 0 bridgehead atoms. The minimum atomic E-state index is -4.76. The number of nitrogens with zero attached hydrogens (tertiary/aromatic N) is 2. The average Bonchev–Trinajstić information content (AvgIpc) is 3.07. The van der Waals surface area contributed by atoms with Crippen LogP contribution in [0.4, 0.5) is 13.2 Å². The van der Waals surface area contributed by atoms with Gasteiger partial charge >= 0.3 is 6.36 Å². The molecule has 0 fully saturated rings. The number of hydrogen-bond donors (Lipinski definition) is 3. The molecule has 2 rings (SSSR count). The number of carbonyl (C=O) groups is 1. The second-order valence-electron chi connectivity index (χ2n) is 5.53. The van der Waals surface area contributed by atoms with E-state index in [1.165, 1.54) is 36.6 Å². The Labute approximate surface area is 164 Å². The molecule has 3 N–H and O–H groups in total. The SMILES string of the molecule is CN=C(NCCNC(=O)c1scnc1C)NCc1ccccc1OC(F)(F)F. The van der Waals surface area contributed by atoms with E-state index in [1.54, 1.807) is 18.5 Å². The van der Waals surface area contributed by atoms with Crippen molar-refractivity contribution in [3.05, 3.63) is 45.9 Å². The summed E-state index contributed by atoms with van der Waals surface area (Å²) in [5.74, 6) is -0.0989. The quantitative estimate of drug-likeness (QED) is 0.367. The lowest BCUT2D eigenvalue weighted by Gasteiger charge is -2.15. The molecule has 28 heavy (non-hydrogen) atoms. The van der Waals surface area contributed by atoms with Crippen LogP contribution in [0.1, 0.15) is 20.9 Å². The first-order valence-electron chi connectivity index (χ1n) is 8.26. The maximum Gasteiger partial charge on any atom is 0.573 e. The summed E-state index contributed by atoms with van der Waals surface area (Å²) in [4.78, 5) is 20.6. The van der Waals surface area contributed by atoms with E-state index in [4.69, 9.17) is 0 Å². The minimum Gasteiger partial charge on any atom is -0.405 e. The van der Waals surface area contributed by atoms with Gasteiger partial charge in [0.2, 0.25) is 0 Å². The van der Waals surface area contributed by atoms with Crippen LogP contribution in [0.2, 0.25) is 0 Å². The molecule has 0 saturated heterocycles. The van der Waals surface area contributed by atoms with Gasteiger partial charge in [-0.05, 0) is 13.0 Å². The zero-order valence-corrected chi connectivity index (χ0v) is 16.1. The predicted molar refractivity (Wildman–Crippen MR) is 101 cm³/mol. The van der Waals surface area contributed by atoms with Crippen molar-refractivity contribution in [1.82, 2.24) is 20.9 Å². The summed E-state index contributed by atoms with van der Waals surface area (Å²) in [5.41, 5.74) is 2.61. The van der Waals surface area contributed by atoms with Gasteiger partial charge in [0.1, 0.15) is 10.6 Å². The largest absolute Gasteiger partial charge is 0.573 e. The van der Waals surface area contributed by atoms with E-state index in [0.29, 0.717) is 35.2 Å². The first kappa shape index (κ1) is 21.5. The van der Waals surface area contributed by atoms with E-state index >= 15 is 0 Å². The lowest BCUT2D eigenvalue weighted by atomic mass is 10.2. The Bertz CT molecular complexity index is 823. The van der Waals surface area contributed by atoms with Gasteiger partial charge in [-0.25, -0.2) is 4.98 Å². The number of aromatic nitrogens is 1. The fraction of sp³-hybridized carbons (Fsp3) is 0.353. The first-order chi connectivity index (χ1) is 13.3. The molecule has 0 aliphatic heterocycles. The molecule has 7 nitrogen and oxygen atoms in total. The molecule has 152 valence electrons. The summed E-state index contributed by atoms with van der Waals surface area (Å²) in [5, 5.41) is 8.63. The Morgan fingerprint density at radius 3 is 2.57 bits per heavy atom. The molecule has 2 aromatic rings. The monoisotopic (exact) mass is 415 g/mol. The number of carbonyl (C=O) groups excluding carboxylic acids is 1. The van der Waals surface area contributed by atoms with Crippen LogP contribution in [0.5, 0.6) is 5.75 Å². The van der Waals surface area contributed by atoms with Crippen LogP contribution in [-0.4, -0.2) is 43.4 Å². The van der Waals surface area contributed by atoms with Crippen molar-refractivity contribution in [2.24, 2.45) is 4.99 Å². The summed E-state index contributed by atoms with van der Waals surface area (Å²) in [6.07, 6.45) is -4.76. The van der Waals surface area contributed by atoms with Crippen molar-refractivity contribution in [1.29, 1.82) is 0 Å². The summed E-state index contributed by atoms with van der Waals surface area (Å²) >= 11 is 1.27. The maximum absolute atomic E-state index is 12.5. The molecular weight excluding hydrogens is 395 g/mol. The molecule has 11 heteroatoms. The zero-order valence-electron chi connectivity index (χ0n) is 15.3. The molecule has 1 aromatic carbocycles. The van der Waals surface area contributed by atoms with E-state index < -0.39 is 6.36 Å². The minimum absolute atomic E-state index is 0.0817. The van der Waals surface area contributed by atoms with Crippen LogP contribution in [0.25, 0.3) is 0 Å². The number of guanidine groups is 1. The van der Waals surface area contributed by atoms with Gasteiger partial charge in [-0.1, -0.05) is 18.2 Å². The Morgan fingerprint density at radius 1 is 1.21 bits per heavy atom. The Morgan fingerprint density at radius 2 is 1.93 bits per heavy atom. The number of benzene rings is 1. The third-order valence-corrected chi connectivity index (χ3v) is 4.45. The summed E-state index contributed by atoms with van der Waals surface area (Å²) in [6.45, 7) is 2.56. The van der Waals surface area contributed by atoms with Crippen molar-refractivity contribution in [2.45, 2.75) is 19.8 Å². The van der Waals surface area contributed by atoms with Gasteiger partial charge in [0, 0.05) is 32.2 Å². The maximum atomic E-state index is 12.5. The Kier molecular flexibility index (Phi) is 7.61. The van der Waals surface area contributed by atoms with Crippen molar-refractivity contribution in [3.63, 3.8) is 0 Å². The van der Waals surface area contributed by atoms with E-state index in [0.717, 1.165) is 0 Å². The lowest BCUT2D eigenvalue weighted by molar-refractivity contribution is -0.274. The number of para-hydroxylation sites is 1. The number of hydrogen-bond acceptors (Lipinski definition) is 5. The molecule has 0 spiro atoms. The Hall–Kier alpha value is -2.82. The molecular formula is C17H20F3N5O2S. The van der Waals surface area contributed by atoms with Crippen LogP contribution in [-0.2, 0) is 6.54 Å². The van der Waals surface area contributed by atoms with Crippen LogP contribution in [0.3, 0.4) is 0 Å². The van der Waals surface area contributed by atoms with Gasteiger partial charge in [-0.3, -0.25) is 9.79 Å². The molecule has 0 unspecified atom stereocenters. The van der Waals surface area contributed by atoms with Crippen LogP contribution in [0.15, 0.2) is 34.8 Å². The van der Waals surface area contributed by atoms with Crippen molar-refractivity contribution in [2.75, 3.05) is 20.1 Å². The molecule has 1 aromatic heterocycles. The smallest absolute Gasteiger partial charge is 0.405 e. The number of aryl methyl sites for hydroxylation is 1. The molecule has 0 aliphatic rings. The van der Waals surface area contributed by atoms with E-state index in [2.05, 4.69) is 30.7 Å². The molecule has 1 heterocycles. The molecule has 1 amide bonds. The van der Waals surface area contributed by atoms with Gasteiger partial charge in [0.25, 0.3) is 5.91 Å². The molecule has 0 aliphatic carbocycles. The highest BCUT2D eigenvalue weighted by atomic mass is 32.1. The highest BCUT2D eigenvalue weighted by Gasteiger charge is 2.31. The average molecular weight is 415 g/mol. The summed E-state index contributed by atoms with van der Waals surface area (Å²) in [6, 6.07) is 5.86. The van der Waals surface area contributed by atoms with Gasteiger partial charge < -0.3 is 20.7 Å². The topological polar surface area (TPSA) is 87.6 Å². The van der Waals surface area contributed by atoms with Crippen molar-refractivity contribution >= 4 is 23.2 Å². The third kappa shape index (κ3) is 6.72. The van der Waals surface area contributed by atoms with Gasteiger partial charge in [0.15, 0.2) is 5.96 Å². The number of amides is 1. The van der Waals surface area contributed by atoms with Crippen molar-refractivity contribution < 1.29 is 22.7 Å². The van der Waals surface area contributed by atoms with E-state index in [9.17, 15) is 18.0 Å². The van der Waals surface area contributed by atoms with Crippen molar-refractivity contribution in [3.8, 4) is 5.75 Å². The van der Waals surface area contributed by atoms with Crippen LogP contribution < -0.4 is 20.7 Å². The molecule has 0 radical (unpaired) electrons. The third-order valence-electron chi connectivity index (χ3n) is 3.52. The highest BCUT2D eigenvalue weighted by Crippen LogP contribution is 2.26. The number of aliphatic imine (C=N–C) groups is 1. The second kappa shape index (κ2) is 9.93. The zero-order chi connectivity index (χ0) is 20.6. The number of ether oxygens (including phenoxy) is 1. The van der Waals surface area contributed by atoms with Gasteiger partial charge in [0.05, 0.1) is 11.2 Å². The number of alkyl halides is 3. The standard InChI is InChI=1S/C17H20F3N5O2S/c1-11-14(28-10-25-11)15(26)22-7-8-23-16(21-2)24-9-12-5-3-4-6-13(12)27-17(18,19)20/h3-6,10H,7-9H2,1-2H3,(H,22,26)(H2,21,23,24). The summed E-state index contributed by atoms with van der Waals surface area (Å²) < 4.78 is 41.4. The normalized spacial score (nSPS) is 11.8. The fourth-order valence-corrected chi connectivity index (χ4v) is 2.95. The summed E-state index contributed by atoms with van der Waals surface area (Å²) in [7, 11) is 1.53. The highest BCUT2D eigenvalue weighted by molar-refractivity contribution is 7.11. The first-order valence-corrected chi connectivity index (χ1v) is 9.14. The van der Waals surface area contributed by atoms with Crippen LogP contribution >= 0.6 is 11.3 Å². The Balaban J connectivity index is 1.79. The molecule has 0 saturated carbocycles. The fourth-order valence-electron chi connectivity index (χ4n) is 2.23. The van der Waals surface area contributed by atoms with E-state index in [-0.39, 0.29) is 18.2 Å². The molecule has 0 atom stereocenters. The van der Waals surface area contributed by atoms with Gasteiger partial charge in [-0.2, -0.15) is 0 Å².